The third-order valence-electron chi connectivity index (χ3n) is 5.91. The highest BCUT2D eigenvalue weighted by atomic mass is 32.2. The van der Waals surface area contributed by atoms with Crippen molar-refractivity contribution in [3.05, 3.63) is 35.8 Å². The Morgan fingerprint density at radius 1 is 1.17 bits per heavy atom. The number of rotatable bonds is 6. The number of fused-ring (bicyclic) bond motifs is 1. The van der Waals surface area contributed by atoms with Gasteiger partial charge in [0.25, 0.3) is 0 Å². The lowest BCUT2D eigenvalue weighted by Crippen LogP contribution is -2.26. The molecule has 30 heavy (non-hydrogen) atoms. The molecule has 1 N–H and O–H groups in total. The lowest BCUT2D eigenvalue weighted by molar-refractivity contribution is 0.322. The highest BCUT2D eigenvalue weighted by Gasteiger charge is 2.31. The quantitative estimate of drug-likeness (QED) is 0.653. The Balaban J connectivity index is 1.65. The van der Waals surface area contributed by atoms with Crippen LogP contribution in [0.15, 0.2) is 29.6 Å². The van der Waals surface area contributed by atoms with Gasteiger partial charge in [0, 0.05) is 23.7 Å². The van der Waals surface area contributed by atoms with Gasteiger partial charge in [-0.15, -0.1) is 0 Å². The van der Waals surface area contributed by atoms with Crippen LogP contribution in [-0.4, -0.2) is 34.0 Å². The molecule has 0 bridgehead atoms. The summed E-state index contributed by atoms with van der Waals surface area (Å²) in [6, 6.07) is 4.59. The van der Waals surface area contributed by atoms with Crippen molar-refractivity contribution in [3.63, 3.8) is 0 Å². The van der Waals surface area contributed by atoms with Crippen LogP contribution in [0.1, 0.15) is 56.2 Å². The normalized spacial score (nSPS) is 17.1. The molecule has 0 radical (unpaired) electrons. The summed E-state index contributed by atoms with van der Waals surface area (Å²) in [4.78, 5) is 13.4. The van der Waals surface area contributed by atoms with Crippen molar-refractivity contribution in [1.29, 1.82) is 5.26 Å². The van der Waals surface area contributed by atoms with E-state index in [1.165, 1.54) is 12.4 Å². The first kappa shape index (κ1) is 19.2. The van der Waals surface area contributed by atoms with E-state index in [1.807, 2.05) is 12.3 Å². The molecular weight excluding hydrogens is 400 g/mol. The molecule has 5 rings (SSSR count). The Morgan fingerprint density at radius 2 is 1.90 bits per heavy atom. The van der Waals surface area contributed by atoms with Crippen molar-refractivity contribution in [2.75, 3.05) is 0 Å². The van der Waals surface area contributed by atoms with Gasteiger partial charge < -0.3 is 4.57 Å². The van der Waals surface area contributed by atoms with E-state index < -0.39 is 10.0 Å². The summed E-state index contributed by atoms with van der Waals surface area (Å²) in [7, 11) is -3.62. The largest absolute Gasteiger partial charge is 0.318 e. The van der Waals surface area contributed by atoms with Gasteiger partial charge in [-0.25, -0.2) is 28.1 Å². The second-order valence-electron chi connectivity index (χ2n) is 8.00. The lowest BCUT2D eigenvalue weighted by atomic mass is 9.92. The first-order valence-corrected chi connectivity index (χ1v) is 11.8. The minimum atomic E-state index is -3.62. The van der Waals surface area contributed by atoms with Crippen molar-refractivity contribution in [2.24, 2.45) is 0 Å². The van der Waals surface area contributed by atoms with Crippen molar-refractivity contribution in [3.8, 4) is 17.6 Å². The Bertz CT molecular complexity index is 1270. The van der Waals surface area contributed by atoms with E-state index in [9.17, 15) is 13.7 Å². The van der Waals surface area contributed by atoms with Crippen molar-refractivity contribution in [2.45, 2.75) is 62.4 Å². The van der Waals surface area contributed by atoms with E-state index >= 15 is 0 Å². The van der Waals surface area contributed by atoms with E-state index in [-0.39, 0.29) is 17.0 Å². The molecule has 2 saturated carbocycles. The summed E-state index contributed by atoms with van der Waals surface area (Å²) in [6.45, 7) is 2.05. The number of nitrogens with zero attached hydrogens (tertiary/aromatic N) is 5. The second kappa shape index (κ2) is 7.15. The van der Waals surface area contributed by atoms with Gasteiger partial charge in [-0.2, -0.15) is 5.26 Å². The third kappa shape index (κ3) is 3.16. The minimum absolute atomic E-state index is 0.0138. The van der Waals surface area contributed by atoms with Gasteiger partial charge in [0.1, 0.15) is 22.3 Å². The maximum atomic E-state index is 12.4. The van der Waals surface area contributed by atoms with Gasteiger partial charge in [-0.3, -0.25) is 0 Å². The second-order valence-corrected chi connectivity index (χ2v) is 9.71. The zero-order chi connectivity index (χ0) is 20.9. The van der Waals surface area contributed by atoms with Gasteiger partial charge in [0.2, 0.25) is 10.0 Å². The predicted octanol–water partition coefficient (Wildman–Crippen LogP) is 3.09. The summed E-state index contributed by atoms with van der Waals surface area (Å²) in [5.74, 6) is 0.347. The standard InChI is InChI=1S/C21H22N6O2S/c1-2-13-8-17-18(9-22)19(27(15-4-3-5-15)21(17)25-10-13)20-23-11-16(12-24-20)30(28,29)26-14-6-7-14/h8,10-12,14-15,26H,2-7H2,1H3. The highest BCUT2D eigenvalue weighted by Crippen LogP contribution is 2.41. The summed E-state index contributed by atoms with van der Waals surface area (Å²) in [5, 5.41) is 10.8. The molecule has 0 spiro atoms. The molecule has 3 aromatic rings. The highest BCUT2D eigenvalue weighted by molar-refractivity contribution is 7.89. The zero-order valence-electron chi connectivity index (χ0n) is 16.7. The first-order valence-electron chi connectivity index (χ1n) is 10.3. The number of aromatic nitrogens is 4. The fraction of sp³-hybridized carbons (Fsp3) is 0.429. The molecule has 2 aliphatic rings. The van der Waals surface area contributed by atoms with Crippen LogP contribution in [0.5, 0.6) is 0 Å². The number of hydrogen-bond donors (Lipinski definition) is 1. The van der Waals surface area contributed by atoms with Crippen LogP contribution in [0, 0.1) is 11.3 Å². The van der Waals surface area contributed by atoms with Gasteiger partial charge in [0.15, 0.2) is 5.82 Å². The molecule has 0 unspecified atom stereocenters. The van der Waals surface area contributed by atoms with Crippen molar-refractivity contribution >= 4 is 21.1 Å². The van der Waals surface area contributed by atoms with Crippen molar-refractivity contribution in [1.82, 2.24) is 24.2 Å². The van der Waals surface area contributed by atoms with Crippen LogP contribution >= 0.6 is 0 Å². The fourth-order valence-corrected chi connectivity index (χ4v) is 5.02. The minimum Gasteiger partial charge on any atom is -0.318 e. The SMILES string of the molecule is CCc1cnc2c(c1)c(C#N)c(-c1ncc(S(=O)(=O)NC3CC3)cn1)n2C1CCC1. The molecule has 0 aromatic carbocycles. The summed E-state index contributed by atoms with van der Waals surface area (Å²) in [6.07, 6.45) is 10.2. The third-order valence-corrected chi connectivity index (χ3v) is 7.38. The average molecular weight is 423 g/mol. The van der Waals surface area contributed by atoms with E-state index in [1.54, 1.807) is 0 Å². The maximum Gasteiger partial charge on any atom is 0.243 e. The number of hydrogen-bond acceptors (Lipinski definition) is 6. The molecule has 9 heteroatoms. The lowest BCUT2D eigenvalue weighted by Gasteiger charge is -2.29. The Labute approximate surface area is 175 Å². The monoisotopic (exact) mass is 422 g/mol. The Kier molecular flexibility index (Phi) is 4.56. The molecule has 3 heterocycles. The van der Waals surface area contributed by atoms with Crippen LogP contribution in [0.4, 0.5) is 0 Å². The van der Waals surface area contributed by atoms with Gasteiger partial charge in [0.05, 0.1) is 18.0 Å². The molecule has 0 aliphatic heterocycles. The molecular formula is C21H22N6O2S. The number of aryl methyl sites for hydroxylation is 1. The van der Waals surface area contributed by atoms with E-state index in [2.05, 4.69) is 37.2 Å². The molecule has 0 atom stereocenters. The smallest absolute Gasteiger partial charge is 0.243 e. The van der Waals surface area contributed by atoms with E-state index in [4.69, 9.17) is 0 Å². The average Bonchev–Trinajstić information content (AvgIpc) is 3.46. The Hall–Kier alpha value is -2.83. The van der Waals surface area contributed by atoms with Gasteiger partial charge in [-0.1, -0.05) is 6.92 Å². The molecule has 0 amide bonds. The van der Waals surface area contributed by atoms with Gasteiger partial charge >= 0.3 is 0 Å². The number of sulfonamides is 1. The van der Waals surface area contributed by atoms with Crippen LogP contribution in [0.2, 0.25) is 0 Å². The van der Waals surface area contributed by atoms with Crippen LogP contribution in [0.25, 0.3) is 22.6 Å². The molecule has 154 valence electrons. The van der Waals surface area contributed by atoms with Crippen molar-refractivity contribution < 1.29 is 8.42 Å². The Morgan fingerprint density at radius 3 is 2.47 bits per heavy atom. The molecule has 0 saturated heterocycles. The predicted molar refractivity (Wildman–Crippen MR) is 111 cm³/mol. The number of nitriles is 1. The molecule has 8 nitrogen and oxygen atoms in total. The molecule has 2 aliphatic carbocycles. The summed E-state index contributed by atoms with van der Waals surface area (Å²) in [5.41, 5.74) is 2.94. The summed E-state index contributed by atoms with van der Waals surface area (Å²) < 4.78 is 29.6. The molecule has 2 fully saturated rings. The molecule has 3 aromatic heterocycles. The topological polar surface area (TPSA) is 114 Å². The van der Waals surface area contributed by atoms with Crippen LogP contribution < -0.4 is 4.72 Å². The van der Waals surface area contributed by atoms with Crippen LogP contribution in [0.3, 0.4) is 0 Å². The number of pyridine rings is 1. The van der Waals surface area contributed by atoms with Gasteiger partial charge in [-0.05, 0) is 50.2 Å². The number of nitrogens with one attached hydrogen (secondary N) is 1. The summed E-state index contributed by atoms with van der Waals surface area (Å²) >= 11 is 0. The zero-order valence-corrected chi connectivity index (χ0v) is 17.5. The fourth-order valence-electron chi connectivity index (χ4n) is 3.82. The van der Waals surface area contributed by atoms with Crippen LogP contribution in [-0.2, 0) is 16.4 Å². The van der Waals surface area contributed by atoms with E-state index in [0.29, 0.717) is 17.1 Å². The maximum absolute atomic E-state index is 12.4. The first-order chi connectivity index (χ1) is 14.5. The van der Waals surface area contributed by atoms with E-state index in [0.717, 1.165) is 55.1 Å².